The molecular weight excluding hydrogens is 338 g/mol. The number of benzene rings is 1. The summed E-state index contributed by atoms with van der Waals surface area (Å²) in [6.45, 7) is 5.99. The maximum atomic E-state index is 13.0. The van der Waals surface area contributed by atoms with Crippen LogP contribution < -0.4 is 0 Å². The number of nitrogens with one attached hydrogen (secondary N) is 1. The standard InChI is InChI=1S/C21H23N5O/c1-16-5-4-6-17(13-16)20-19(14-23-24-20)21(27)26-11-9-25(10-12-26)15-18-7-2-3-8-22-18/h2-8,13-14H,9-12,15H2,1H3,(H,23,24). The Bertz CT molecular complexity index is 913. The quantitative estimate of drug-likeness (QED) is 0.776. The van der Waals surface area contributed by atoms with Crippen molar-refractivity contribution in [3.05, 3.63) is 71.7 Å². The summed E-state index contributed by atoms with van der Waals surface area (Å²) >= 11 is 0. The zero-order chi connectivity index (χ0) is 18.6. The van der Waals surface area contributed by atoms with Crippen molar-refractivity contribution < 1.29 is 4.79 Å². The number of pyridine rings is 1. The van der Waals surface area contributed by atoms with E-state index in [1.165, 1.54) is 0 Å². The highest BCUT2D eigenvalue weighted by atomic mass is 16.2. The van der Waals surface area contributed by atoms with Gasteiger partial charge in [-0.05, 0) is 25.1 Å². The molecule has 1 aliphatic rings. The third kappa shape index (κ3) is 3.90. The van der Waals surface area contributed by atoms with Crippen LogP contribution in [-0.4, -0.2) is 57.1 Å². The summed E-state index contributed by atoms with van der Waals surface area (Å²) in [5, 5.41) is 7.12. The van der Waals surface area contributed by atoms with Crippen LogP contribution >= 0.6 is 0 Å². The van der Waals surface area contributed by atoms with Crippen LogP contribution in [0.1, 0.15) is 21.6 Å². The number of H-pyrrole nitrogens is 1. The molecule has 0 atom stereocenters. The molecule has 0 aliphatic carbocycles. The van der Waals surface area contributed by atoms with Gasteiger partial charge in [-0.25, -0.2) is 0 Å². The largest absolute Gasteiger partial charge is 0.336 e. The number of carbonyl (C=O) groups is 1. The number of aromatic nitrogens is 3. The Morgan fingerprint density at radius 1 is 1.11 bits per heavy atom. The van der Waals surface area contributed by atoms with Gasteiger partial charge >= 0.3 is 0 Å². The molecule has 0 saturated carbocycles. The number of piperazine rings is 1. The lowest BCUT2D eigenvalue weighted by molar-refractivity contribution is 0.0628. The smallest absolute Gasteiger partial charge is 0.257 e. The van der Waals surface area contributed by atoms with Gasteiger partial charge in [0.05, 0.1) is 23.1 Å². The molecule has 1 saturated heterocycles. The Hall–Kier alpha value is -2.99. The highest BCUT2D eigenvalue weighted by molar-refractivity contribution is 5.99. The molecule has 0 spiro atoms. The molecule has 1 aromatic carbocycles. The molecule has 1 aliphatic heterocycles. The molecule has 1 fully saturated rings. The van der Waals surface area contributed by atoms with Gasteiger partial charge in [0.1, 0.15) is 0 Å². The third-order valence-corrected chi connectivity index (χ3v) is 4.95. The van der Waals surface area contributed by atoms with E-state index in [1.807, 2.05) is 54.4 Å². The van der Waals surface area contributed by atoms with Crippen molar-refractivity contribution in [1.82, 2.24) is 25.0 Å². The molecule has 4 rings (SSSR count). The lowest BCUT2D eigenvalue weighted by Gasteiger charge is -2.34. The molecule has 2 aromatic heterocycles. The van der Waals surface area contributed by atoms with Crippen molar-refractivity contribution in [1.29, 1.82) is 0 Å². The third-order valence-electron chi connectivity index (χ3n) is 4.95. The number of aryl methyl sites for hydroxylation is 1. The van der Waals surface area contributed by atoms with E-state index in [2.05, 4.69) is 26.1 Å². The average Bonchev–Trinajstić information content (AvgIpc) is 3.19. The second-order valence-corrected chi connectivity index (χ2v) is 6.92. The van der Waals surface area contributed by atoms with E-state index >= 15 is 0 Å². The zero-order valence-corrected chi connectivity index (χ0v) is 15.4. The first kappa shape index (κ1) is 17.4. The zero-order valence-electron chi connectivity index (χ0n) is 15.4. The number of carbonyl (C=O) groups excluding carboxylic acids is 1. The van der Waals surface area contributed by atoms with Crippen LogP contribution in [0.2, 0.25) is 0 Å². The number of hydrogen-bond acceptors (Lipinski definition) is 4. The lowest BCUT2D eigenvalue weighted by Crippen LogP contribution is -2.48. The Morgan fingerprint density at radius 2 is 1.96 bits per heavy atom. The van der Waals surface area contributed by atoms with Gasteiger partial charge in [0, 0.05) is 44.5 Å². The summed E-state index contributed by atoms with van der Waals surface area (Å²) in [6, 6.07) is 14.1. The van der Waals surface area contributed by atoms with Gasteiger partial charge in [0.15, 0.2) is 0 Å². The SMILES string of the molecule is Cc1cccc(-c2[nH]ncc2C(=O)N2CCN(Cc3ccccn3)CC2)c1. The second-order valence-electron chi connectivity index (χ2n) is 6.92. The van der Waals surface area contributed by atoms with Crippen LogP contribution in [0, 0.1) is 6.92 Å². The number of amides is 1. The highest BCUT2D eigenvalue weighted by Crippen LogP contribution is 2.23. The van der Waals surface area contributed by atoms with Gasteiger partial charge in [0.2, 0.25) is 0 Å². The average molecular weight is 361 g/mol. The second kappa shape index (κ2) is 7.72. The summed E-state index contributed by atoms with van der Waals surface area (Å²) in [4.78, 5) is 21.7. The molecular formula is C21H23N5O. The molecule has 1 N–H and O–H groups in total. The minimum absolute atomic E-state index is 0.0396. The number of rotatable bonds is 4. The van der Waals surface area contributed by atoms with E-state index in [0.29, 0.717) is 18.7 Å². The minimum Gasteiger partial charge on any atom is -0.336 e. The van der Waals surface area contributed by atoms with Crippen LogP contribution in [-0.2, 0) is 6.54 Å². The summed E-state index contributed by atoms with van der Waals surface area (Å²) in [5.41, 5.74) is 4.64. The van der Waals surface area contributed by atoms with Gasteiger partial charge in [-0.3, -0.25) is 19.8 Å². The normalized spacial score (nSPS) is 15.1. The Balaban J connectivity index is 1.42. The molecule has 0 bridgehead atoms. The van der Waals surface area contributed by atoms with Gasteiger partial charge < -0.3 is 4.90 Å². The summed E-state index contributed by atoms with van der Waals surface area (Å²) in [6.07, 6.45) is 3.46. The summed E-state index contributed by atoms with van der Waals surface area (Å²) in [7, 11) is 0. The van der Waals surface area contributed by atoms with Crippen molar-refractivity contribution >= 4 is 5.91 Å². The van der Waals surface area contributed by atoms with E-state index in [0.717, 1.165) is 42.1 Å². The first-order valence-electron chi connectivity index (χ1n) is 9.22. The van der Waals surface area contributed by atoms with Crippen LogP contribution in [0.25, 0.3) is 11.3 Å². The predicted molar refractivity (Wildman–Crippen MR) is 104 cm³/mol. The van der Waals surface area contributed by atoms with E-state index in [-0.39, 0.29) is 5.91 Å². The van der Waals surface area contributed by atoms with E-state index < -0.39 is 0 Å². The molecule has 0 radical (unpaired) electrons. The van der Waals surface area contributed by atoms with Crippen LogP contribution in [0.3, 0.4) is 0 Å². The first-order valence-corrected chi connectivity index (χ1v) is 9.22. The minimum atomic E-state index is 0.0396. The molecule has 6 nitrogen and oxygen atoms in total. The van der Waals surface area contributed by atoms with Gasteiger partial charge in [-0.15, -0.1) is 0 Å². The molecule has 3 heterocycles. The molecule has 138 valence electrons. The molecule has 0 unspecified atom stereocenters. The van der Waals surface area contributed by atoms with Crippen LogP contribution in [0.4, 0.5) is 0 Å². The van der Waals surface area contributed by atoms with Crippen LogP contribution in [0.5, 0.6) is 0 Å². The maximum Gasteiger partial charge on any atom is 0.257 e. The number of hydrogen-bond donors (Lipinski definition) is 1. The van der Waals surface area contributed by atoms with Crippen molar-refractivity contribution in [2.45, 2.75) is 13.5 Å². The Kier molecular flexibility index (Phi) is 4.98. The summed E-state index contributed by atoms with van der Waals surface area (Å²) in [5.74, 6) is 0.0396. The monoisotopic (exact) mass is 361 g/mol. The fraction of sp³-hybridized carbons (Fsp3) is 0.286. The predicted octanol–water partition coefficient (Wildman–Crippen LogP) is 2.74. The van der Waals surface area contributed by atoms with E-state index in [1.54, 1.807) is 6.20 Å². The number of aromatic amines is 1. The van der Waals surface area contributed by atoms with Crippen LogP contribution in [0.15, 0.2) is 54.9 Å². The molecule has 3 aromatic rings. The van der Waals surface area contributed by atoms with E-state index in [4.69, 9.17) is 0 Å². The fourth-order valence-electron chi connectivity index (χ4n) is 3.47. The topological polar surface area (TPSA) is 65.1 Å². The Morgan fingerprint density at radius 3 is 2.70 bits per heavy atom. The van der Waals surface area contributed by atoms with Gasteiger partial charge in [-0.2, -0.15) is 5.10 Å². The molecule has 6 heteroatoms. The Labute approximate surface area is 158 Å². The van der Waals surface area contributed by atoms with Crippen molar-refractivity contribution in [3.8, 4) is 11.3 Å². The van der Waals surface area contributed by atoms with Crippen molar-refractivity contribution in [2.24, 2.45) is 0 Å². The lowest BCUT2D eigenvalue weighted by atomic mass is 10.0. The molecule has 1 amide bonds. The molecule has 27 heavy (non-hydrogen) atoms. The number of nitrogens with zero attached hydrogens (tertiary/aromatic N) is 4. The fourth-order valence-corrected chi connectivity index (χ4v) is 3.47. The van der Waals surface area contributed by atoms with Crippen molar-refractivity contribution in [3.63, 3.8) is 0 Å². The van der Waals surface area contributed by atoms with E-state index in [9.17, 15) is 4.79 Å². The summed E-state index contributed by atoms with van der Waals surface area (Å²) < 4.78 is 0. The highest BCUT2D eigenvalue weighted by Gasteiger charge is 2.25. The van der Waals surface area contributed by atoms with Gasteiger partial charge in [0.25, 0.3) is 5.91 Å². The van der Waals surface area contributed by atoms with Gasteiger partial charge in [-0.1, -0.05) is 29.8 Å². The first-order chi connectivity index (χ1) is 13.2. The van der Waals surface area contributed by atoms with Crippen molar-refractivity contribution in [2.75, 3.05) is 26.2 Å². The maximum absolute atomic E-state index is 13.0.